The van der Waals surface area contributed by atoms with Crippen molar-refractivity contribution in [3.8, 4) is 0 Å². The van der Waals surface area contributed by atoms with Gasteiger partial charge in [-0.3, -0.25) is 4.98 Å². The maximum atomic E-state index is 5.93. The molecule has 0 aliphatic carbocycles. The average Bonchev–Trinajstić information content (AvgIpc) is 2.16. The first kappa shape index (κ1) is 9.44. The van der Waals surface area contributed by atoms with E-state index in [0.717, 1.165) is 16.5 Å². The molecule has 0 radical (unpaired) electrons. The third-order valence-corrected chi connectivity index (χ3v) is 2.46. The molecule has 3 heteroatoms. The zero-order chi connectivity index (χ0) is 10.1. The predicted octanol–water partition coefficient (Wildman–Crippen LogP) is 2.91. The van der Waals surface area contributed by atoms with Crippen molar-refractivity contribution in [2.75, 3.05) is 0 Å². The highest BCUT2D eigenvalue weighted by Gasteiger charge is 2.05. The van der Waals surface area contributed by atoms with Crippen molar-refractivity contribution in [1.29, 1.82) is 0 Å². The van der Waals surface area contributed by atoms with Gasteiger partial charge in [-0.05, 0) is 36.8 Å². The van der Waals surface area contributed by atoms with E-state index in [-0.39, 0.29) is 6.04 Å². The Bertz CT molecular complexity index is 466. The molecule has 0 fully saturated rings. The van der Waals surface area contributed by atoms with Crippen LogP contribution in [0, 0.1) is 0 Å². The van der Waals surface area contributed by atoms with Crippen LogP contribution in [0.3, 0.4) is 0 Å². The fraction of sp³-hybridized carbons (Fsp3) is 0.182. The summed E-state index contributed by atoms with van der Waals surface area (Å²) in [7, 11) is 0. The van der Waals surface area contributed by atoms with Crippen molar-refractivity contribution in [2.24, 2.45) is 5.73 Å². The largest absolute Gasteiger partial charge is 0.324 e. The van der Waals surface area contributed by atoms with Crippen LogP contribution in [0.5, 0.6) is 0 Å². The van der Waals surface area contributed by atoms with Gasteiger partial charge in [-0.2, -0.15) is 0 Å². The molecule has 1 atom stereocenters. The van der Waals surface area contributed by atoms with Crippen molar-refractivity contribution in [3.63, 3.8) is 0 Å². The molecule has 0 saturated heterocycles. The molecule has 2 aromatic rings. The highest BCUT2D eigenvalue weighted by atomic mass is 35.5. The van der Waals surface area contributed by atoms with Crippen LogP contribution in [-0.2, 0) is 0 Å². The number of nitrogens with zero attached hydrogens (tertiary/aromatic N) is 1. The van der Waals surface area contributed by atoms with Crippen LogP contribution in [0.15, 0.2) is 30.5 Å². The van der Waals surface area contributed by atoms with E-state index < -0.39 is 0 Å². The van der Waals surface area contributed by atoms with Crippen molar-refractivity contribution >= 4 is 22.5 Å². The van der Waals surface area contributed by atoms with Gasteiger partial charge in [0.15, 0.2) is 0 Å². The van der Waals surface area contributed by atoms with Gasteiger partial charge in [0.2, 0.25) is 0 Å². The lowest BCUT2D eigenvalue weighted by Crippen LogP contribution is -2.05. The molecule has 1 heterocycles. The molecule has 0 amide bonds. The van der Waals surface area contributed by atoms with Gasteiger partial charge in [-0.1, -0.05) is 11.6 Å². The maximum Gasteiger partial charge on any atom is 0.0706 e. The molecule has 72 valence electrons. The van der Waals surface area contributed by atoms with Crippen molar-refractivity contribution in [2.45, 2.75) is 13.0 Å². The van der Waals surface area contributed by atoms with E-state index in [2.05, 4.69) is 4.98 Å². The highest BCUT2D eigenvalue weighted by molar-refractivity contribution is 6.31. The average molecular weight is 207 g/mol. The highest BCUT2D eigenvalue weighted by Crippen LogP contribution is 2.24. The second kappa shape index (κ2) is 3.56. The Morgan fingerprint density at radius 2 is 2.14 bits per heavy atom. The number of aromatic nitrogens is 1. The smallest absolute Gasteiger partial charge is 0.0706 e. The topological polar surface area (TPSA) is 38.9 Å². The first-order valence-electron chi connectivity index (χ1n) is 4.48. The molecule has 0 aliphatic rings. The Morgan fingerprint density at radius 3 is 2.86 bits per heavy atom. The summed E-state index contributed by atoms with van der Waals surface area (Å²) in [6.07, 6.45) is 1.77. The molecular formula is C11H11ClN2. The summed E-state index contributed by atoms with van der Waals surface area (Å²) in [6.45, 7) is 1.95. The predicted molar refractivity (Wildman–Crippen MR) is 59.4 cm³/mol. The molecular weight excluding hydrogens is 196 g/mol. The summed E-state index contributed by atoms with van der Waals surface area (Å²) in [4.78, 5) is 4.25. The SMILES string of the molecule is CC(N)c1ccnc2ccc(Cl)cc12. The van der Waals surface area contributed by atoms with Gasteiger partial charge < -0.3 is 5.73 Å². The van der Waals surface area contributed by atoms with Crippen molar-refractivity contribution in [1.82, 2.24) is 4.98 Å². The van der Waals surface area contributed by atoms with E-state index in [1.54, 1.807) is 6.20 Å². The summed E-state index contributed by atoms with van der Waals surface area (Å²) < 4.78 is 0. The molecule has 0 bridgehead atoms. The number of hydrogen-bond acceptors (Lipinski definition) is 2. The zero-order valence-electron chi connectivity index (χ0n) is 7.87. The Morgan fingerprint density at radius 1 is 1.36 bits per heavy atom. The molecule has 2 N–H and O–H groups in total. The molecule has 1 aromatic carbocycles. The lowest BCUT2D eigenvalue weighted by atomic mass is 10.0. The lowest BCUT2D eigenvalue weighted by Gasteiger charge is -2.09. The minimum absolute atomic E-state index is 0.000957. The lowest BCUT2D eigenvalue weighted by molar-refractivity contribution is 0.825. The van der Waals surface area contributed by atoms with Crippen LogP contribution in [0.1, 0.15) is 18.5 Å². The minimum Gasteiger partial charge on any atom is -0.324 e. The second-order valence-electron chi connectivity index (χ2n) is 3.35. The fourth-order valence-corrected chi connectivity index (χ4v) is 1.71. The number of pyridine rings is 1. The van der Waals surface area contributed by atoms with E-state index in [1.165, 1.54) is 0 Å². The summed E-state index contributed by atoms with van der Waals surface area (Å²) in [5.74, 6) is 0. The third-order valence-electron chi connectivity index (χ3n) is 2.23. The van der Waals surface area contributed by atoms with Crippen molar-refractivity contribution < 1.29 is 0 Å². The molecule has 1 unspecified atom stereocenters. The standard InChI is InChI=1S/C11H11ClN2/c1-7(13)9-4-5-14-11-3-2-8(12)6-10(9)11/h2-7H,13H2,1H3. The van der Waals surface area contributed by atoms with E-state index in [9.17, 15) is 0 Å². The molecule has 0 saturated carbocycles. The Labute approximate surface area is 87.7 Å². The third kappa shape index (κ3) is 1.59. The molecule has 1 aromatic heterocycles. The molecule has 2 nitrogen and oxygen atoms in total. The molecule has 0 spiro atoms. The molecule has 2 rings (SSSR count). The van der Waals surface area contributed by atoms with E-state index in [0.29, 0.717) is 5.02 Å². The summed E-state index contributed by atoms with van der Waals surface area (Å²) in [6, 6.07) is 7.58. The number of hydrogen-bond donors (Lipinski definition) is 1. The number of rotatable bonds is 1. The van der Waals surface area contributed by atoms with Crippen LogP contribution >= 0.6 is 11.6 Å². The van der Waals surface area contributed by atoms with Crippen molar-refractivity contribution in [3.05, 3.63) is 41.0 Å². The second-order valence-corrected chi connectivity index (χ2v) is 3.79. The van der Waals surface area contributed by atoms with Gasteiger partial charge in [0, 0.05) is 22.6 Å². The van der Waals surface area contributed by atoms with Gasteiger partial charge in [0.05, 0.1) is 5.52 Å². The van der Waals surface area contributed by atoms with E-state index >= 15 is 0 Å². The summed E-state index contributed by atoms with van der Waals surface area (Å²) in [5.41, 5.74) is 7.87. The normalized spacial score (nSPS) is 13.1. The Balaban J connectivity index is 2.77. The van der Waals surface area contributed by atoms with E-state index in [4.69, 9.17) is 17.3 Å². The van der Waals surface area contributed by atoms with Crippen LogP contribution in [0.2, 0.25) is 5.02 Å². The first-order chi connectivity index (χ1) is 6.68. The number of fused-ring (bicyclic) bond motifs is 1. The monoisotopic (exact) mass is 206 g/mol. The summed E-state index contributed by atoms with van der Waals surface area (Å²) >= 11 is 5.93. The van der Waals surface area contributed by atoms with Crippen LogP contribution in [0.25, 0.3) is 10.9 Å². The minimum atomic E-state index is -0.000957. The number of halogens is 1. The molecule has 14 heavy (non-hydrogen) atoms. The zero-order valence-corrected chi connectivity index (χ0v) is 8.62. The van der Waals surface area contributed by atoms with Gasteiger partial charge in [0.1, 0.15) is 0 Å². The van der Waals surface area contributed by atoms with E-state index in [1.807, 2.05) is 31.2 Å². The van der Waals surface area contributed by atoms with Crippen LogP contribution in [-0.4, -0.2) is 4.98 Å². The van der Waals surface area contributed by atoms with Crippen LogP contribution in [0.4, 0.5) is 0 Å². The number of benzene rings is 1. The maximum absolute atomic E-state index is 5.93. The summed E-state index contributed by atoms with van der Waals surface area (Å²) in [5, 5.41) is 1.75. The van der Waals surface area contributed by atoms with Gasteiger partial charge in [-0.25, -0.2) is 0 Å². The number of nitrogens with two attached hydrogens (primary N) is 1. The first-order valence-corrected chi connectivity index (χ1v) is 4.86. The fourth-order valence-electron chi connectivity index (χ4n) is 1.54. The Hall–Kier alpha value is -1.12. The molecule has 0 aliphatic heterocycles. The Kier molecular flexibility index (Phi) is 2.40. The van der Waals surface area contributed by atoms with Gasteiger partial charge in [0.25, 0.3) is 0 Å². The quantitative estimate of drug-likeness (QED) is 0.779. The van der Waals surface area contributed by atoms with Gasteiger partial charge >= 0.3 is 0 Å². The van der Waals surface area contributed by atoms with Crippen LogP contribution < -0.4 is 5.73 Å². The van der Waals surface area contributed by atoms with Gasteiger partial charge in [-0.15, -0.1) is 0 Å².